The van der Waals surface area contributed by atoms with E-state index in [2.05, 4.69) is 5.32 Å². The summed E-state index contributed by atoms with van der Waals surface area (Å²) in [5.74, 6) is -0.536. The fourth-order valence-corrected chi connectivity index (χ4v) is 5.98. The molecule has 2 fully saturated rings. The number of pyridine rings is 1. The molecule has 0 aliphatic carbocycles. The predicted molar refractivity (Wildman–Crippen MR) is 151 cm³/mol. The number of likely N-dealkylation sites (tertiary alicyclic amines) is 1. The lowest BCUT2D eigenvalue weighted by molar-refractivity contribution is 0.0286. The number of benzene rings is 2. The Labute approximate surface area is 236 Å². The summed E-state index contributed by atoms with van der Waals surface area (Å²) in [5.41, 5.74) is -1.10. The third-order valence-corrected chi connectivity index (χ3v) is 8.15. The summed E-state index contributed by atoms with van der Waals surface area (Å²) in [7, 11) is 0. The first-order valence-electron chi connectivity index (χ1n) is 13.1. The van der Waals surface area contributed by atoms with Crippen molar-refractivity contribution in [3.8, 4) is 0 Å². The second kappa shape index (κ2) is 10.6. The van der Waals surface area contributed by atoms with Crippen LogP contribution in [0, 0.1) is 5.82 Å². The summed E-state index contributed by atoms with van der Waals surface area (Å²) in [6.07, 6.45) is 3.25. The highest BCUT2D eigenvalue weighted by Gasteiger charge is 2.46. The second-order valence-electron chi connectivity index (χ2n) is 11.3. The third-order valence-electron chi connectivity index (χ3n) is 7.34. The van der Waals surface area contributed by atoms with E-state index in [9.17, 15) is 9.59 Å². The van der Waals surface area contributed by atoms with Gasteiger partial charge in [-0.2, -0.15) is 0 Å². The SMILES string of the molecule is CC(C)(C)OC(=O)N1CC[C@](Nc2ccc3ccn(C4CCOCC4)c(=O)c3c2)(c2c(F)ccc(Cl)c2Cl)C1. The van der Waals surface area contributed by atoms with Crippen LogP contribution < -0.4 is 10.9 Å². The monoisotopic (exact) mass is 575 g/mol. The predicted octanol–water partition coefficient (Wildman–Crippen LogP) is 6.75. The molecule has 2 aliphatic rings. The summed E-state index contributed by atoms with van der Waals surface area (Å²) in [5, 5.41) is 5.08. The van der Waals surface area contributed by atoms with Gasteiger partial charge in [0.05, 0.1) is 22.1 Å². The van der Waals surface area contributed by atoms with Gasteiger partial charge in [-0.15, -0.1) is 0 Å². The van der Waals surface area contributed by atoms with Gasteiger partial charge in [0, 0.05) is 48.6 Å². The van der Waals surface area contributed by atoms with Crippen molar-refractivity contribution >= 4 is 45.8 Å². The zero-order valence-electron chi connectivity index (χ0n) is 22.2. The summed E-state index contributed by atoms with van der Waals surface area (Å²) >= 11 is 12.9. The topological polar surface area (TPSA) is 72.8 Å². The molecule has 0 bridgehead atoms. The third kappa shape index (κ3) is 5.60. The van der Waals surface area contributed by atoms with Crippen molar-refractivity contribution in [2.75, 3.05) is 31.6 Å². The minimum absolute atomic E-state index is 0.0789. The number of amides is 1. The molecule has 10 heteroatoms. The van der Waals surface area contributed by atoms with Crippen molar-refractivity contribution in [3.63, 3.8) is 0 Å². The van der Waals surface area contributed by atoms with E-state index in [0.29, 0.717) is 37.3 Å². The van der Waals surface area contributed by atoms with Gasteiger partial charge in [-0.3, -0.25) is 4.79 Å². The lowest BCUT2D eigenvalue weighted by Crippen LogP contribution is -2.42. The molecule has 3 heterocycles. The standard InChI is InChI=1S/C29H32Cl2FN3O4/c1-28(2,3)39-27(37)34-13-11-29(17-34,24-23(32)7-6-22(30)25(24)31)33-19-5-4-18-8-12-35(26(36)21(18)16-19)20-9-14-38-15-10-20/h4-8,12,16,20,33H,9-11,13-15,17H2,1-3H3/t29-/m1/s1. The van der Waals surface area contributed by atoms with Crippen LogP contribution in [-0.4, -0.2) is 47.5 Å². The van der Waals surface area contributed by atoms with Crippen LogP contribution in [0.15, 0.2) is 47.4 Å². The van der Waals surface area contributed by atoms with Crippen LogP contribution in [0.5, 0.6) is 0 Å². The molecule has 0 saturated carbocycles. The summed E-state index contributed by atoms with van der Waals surface area (Å²) < 4.78 is 28.2. The maximum atomic E-state index is 15.4. The number of rotatable bonds is 4. The van der Waals surface area contributed by atoms with Crippen molar-refractivity contribution < 1.29 is 18.7 Å². The van der Waals surface area contributed by atoms with Gasteiger partial charge in [-0.1, -0.05) is 29.3 Å². The first-order chi connectivity index (χ1) is 18.5. The molecule has 2 aromatic carbocycles. The van der Waals surface area contributed by atoms with E-state index in [1.165, 1.54) is 17.0 Å². The van der Waals surface area contributed by atoms with Gasteiger partial charge in [0.25, 0.3) is 5.56 Å². The average molecular weight is 576 g/mol. The molecule has 1 aromatic heterocycles. The smallest absolute Gasteiger partial charge is 0.410 e. The number of halogens is 3. The Morgan fingerprint density at radius 3 is 2.62 bits per heavy atom. The van der Waals surface area contributed by atoms with Gasteiger partial charge in [0.15, 0.2) is 0 Å². The molecule has 7 nitrogen and oxygen atoms in total. The van der Waals surface area contributed by atoms with E-state index in [-0.39, 0.29) is 33.8 Å². The largest absolute Gasteiger partial charge is 0.444 e. The molecule has 5 rings (SSSR count). The fourth-order valence-electron chi connectivity index (χ4n) is 5.49. The number of ether oxygens (including phenoxy) is 2. The number of anilines is 1. The van der Waals surface area contributed by atoms with E-state index in [4.69, 9.17) is 32.7 Å². The number of aromatic nitrogens is 1. The van der Waals surface area contributed by atoms with Crippen molar-refractivity contribution in [3.05, 3.63) is 74.4 Å². The van der Waals surface area contributed by atoms with Crippen LogP contribution in [0.4, 0.5) is 14.9 Å². The molecule has 3 aromatic rings. The number of carbonyl (C=O) groups excluding carboxylic acids is 1. The number of nitrogens with zero attached hydrogens (tertiary/aromatic N) is 2. The highest BCUT2D eigenvalue weighted by atomic mass is 35.5. The van der Waals surface area contributed by atoms with Gasteiger partial charge in [0.2, 0.25) is 0 Å². The molecule has 39 heavy (non-hydrogen) atoms. The van der Waals surface area contributed by atoms with Crippen LogP contribution in [0.25, 0.3) is 10.8 Å². The molecule has 1 atom stereocenters. The average Bonchev–Trinajstić information content (AvgIpc) is 3.31. The molecular formula is C29H32Cl2FN3O4. The molecule has 0 spiro atoms. The van der Waals surface area contributed by atoms with Crippen molar-refractivity contribution in [2.45, 2.75) is 57.2 Å². The van der Waals surface area contributed by atoms with Crippen molar-refractivity contribution in [1.29, 1.82) is 0 Å². The number of hydrogen-bond donors (Lipinski definition) is 1. The Bertz CT molecular complexity index is 1470. The lowest BCUT2D eigenvalue weighted by Gasteiger charge is -2.34. The van der Waals surface area contributed by atoms with E-state index in [0.717, 1.165) is 18.2 Å². The minimum Gasteiger partial charge on any atom is -0.444 e. The Balaban J connectivity index is 1.55. The minimum atomic E-state index is -1.11. The van der Waals surface area contributed by atoms with Gasteiger partial charge in [0.1, 0.15) is 11.4 Å². The van der Waals surface area contributed by atoms with Crippen molar-refractivity contribution in [1.82, 2.24) is 9.47 Å². The maximum absolute atomic E-state index is 15.4. The Kier molecular flexibility index (Phi) is 7.57. The molecule has 1 N–H and O–H groups in total. The molecule has 2 aliphatic heterocycles. The number of fused-ring (bicyclic) bond motifs is 1. The number of nitrogens with one attached hydrogen (secondary N) is 1. The molecule has 0 unspecified atom stereocenters. The zero-order valence-corrected chi connectivity index (χ0v) is 23.7. The Hall–Kier alpha value is -2.81. The maximum Gasteiger partial charge on any atom is 0.410 e. The first kappa shape index (κ1) is 27.7. The normalized spacial score (nSPS) is 20.4. The van der Waals surface area contributed by atoms with Crippen LogP contribution in [0.2, 0.25) is 10.0 Å². The second-order valence-corrected chi connectivity index (χ2v) is 12.0. The first-order valence-corrected chi connectivity index (χ1v) is 13.9. The van der Waals surface area contributed by atoms with Gasteiger partial charge >= 0.3 is 6.09 Å². The van der Waals surface area contributed by atoms with E-state index < -0.39 is 23.1 Å². The fraction of sp³-hybridized carbons (Fsp3) is 0.448. The highest BCUT2D eigenvalue weighted by Crippen LogP contribution is 2.43. The summed E-state index contributed by atoms with van der Waals surface area (Å²) in [4.78, 5) is 28.0. The lowest BCUT2D eigenvalue weighted by atomic mass is 9.87. The van der Waals surface area contributed by atoms with Crippen LogP contribution in [0.3, 0.4) is 0 Å². The van der Waals surface area contributed by atoms with E-state index in [1.807, 2.05) is 24.4 Å². The number of carbonyl (C=O) groups is 1. The van der Waals surface area contributed by atoms with Crippen LogP contribution >= 0.6 is 23.2 Å². The molecule has 1 amide bonds. The van der Waals surface area contributed by atoms with Crippen molar-refractivity contribution in [2.24, 2.45) is 0 Å². The molecule has 0 radical (unpaired) electrons. The quantitative estimate of drug-likeness (QED) is 0.348. The highest BCUT2D eigenvalue weighted by molar-refractivity contribution is 6.42. The van der Waals surface area contributed by atoms with Gasteiger partial charge in [-0.25, -0.2) is 9.18 Å². The zero-order chi connectivity index (χ0) is 27.9. The molecule has 208 valence electrons. The van der Waals surface area contributed by atoms with E-state index >= 15 is 4.39 Å². The van der Waals surface area contributed by atoms with Gasteiger partial charge < -0.3 is 24.3 Å². The Morgan fingerprint density at radius 1 is 1.15 bits per heavy atom. The molecular weight excluding hydrogens is 544 g/mol. The summed E-state index contributed by atoms with van der Waals surface area (Å²) in [6.45, 7) is 7.04. The Morgan fingerprint density at radius 2 is 1.90 bits per heavy atom. The van der Waals surface area contributed by atoms with Gasteiger partial charge in [-0.05, 0) is 75.8 Å². The van der Waals surface area contributed by atoms with Crippen LogP contribution in [-0.2, 0) is 15.0 Å². The molecule has 2 saturated heterocycles. The van der Waals surface area contributed by atoms with Crippen LogP contribution in [0.1, 0.15) is 51.6 Å². The number of hydrogen-bond acceptors (Lipinski definition) is 5. The summed E-state index contributed by atoms with van der Waals surface area (Å²) in [6, 6.07) is 10.2. The van der Waals surface area contributed by atoms with E-state index in [1.54, 1.807) is 31.4 Å².